The zero-order valence-electron chi connectivity index (χ0n) is 10.6. The molecule has 5 heteroatoms. The van der Waals surface area contributed by atoms with E-state index in [1.807, 2.05) is 24.3 Å². The highest BCUT2D eigenvalue weighted by Gasteiger charge is 2.23. The highest BCUT2D eigenvalue weighted by molar-refractivity contribution is 9.10. The average Bonchev–Trinajstić information content (AvgIpc) is 2.81. The molecular weight excluding hydrogens is 339 g/mol. The number of nitrogens with zero attached hydrogens (tertiary/aromatic N) is 1. The van der Waals surface area contributed by atoms with E-state index in [9.17, 15) is 4.39 Å². The summed E-state index contributed by atoms with van der Waals surface area (Å²) in [7, 11) is 0. The number of thiocarbonyl (C=S) groups is 1. The molecule has 2 aromatic carbocycles. The molecule has 0 aliphatic carbocycles. The van der Waals surface area contributed by atoms with Crippen molar-refractivity contribution in [2.75, 3.05) is 11.4 Å². The number of rotatable bonds is 2. The minimum absolute atomic E-state index is 0.234. The number of anilines is 2. The van der Waals surface area contributed by atoms with Gasteiger partial charge in [0.2, 0.25) is 0 Å². The van der Waals surface area contributed by atoms with Gasteiger partial charge in [0.1, 0.15) is 10.8 Å². The van der Waals surface area contributed by atoms with Crippen molar-refractivity contribution in [2.45, 2.75) is 6.42 Å². The van der Waals surface area contributed by atoms with E-state index in [2.05, 4.69) is 20.8 Å². The third-order valence-corrected chi connectivity index (χ3v) is 4.17. The standard InChI is InChI=1S/C15H12BrFN2S/c16-10-2-4-12(15(18)20)14(7-10)19-6-5-9-1-3-11(17)8-13(9)19/h1-4,7-8H,5-6H2,(H2,18,20). The first kappa shape index (κ1) is 13.5. The van der Waals surface area contributed by atoms with Crippen LogP contribution in [0, 0.1) is 5.82 Å². The Labute approximate surface area is 130 Å². The second-order valence-corrected chi connectivity index (χ2v) is 6.06. The molecule has 0 radical (unpaired) electrons. The third kappa shape index (κ3) is 2.31. The van der Waals surface area contributed by atoms with Crippen LogP contribution in [0.15, 0.2) is 40.9 Å². The predicted octanol–water partition coefficient (Wildman–Crippen LogP) is 3.92. The van der Waals surface area contributed by atoms with Crippen LogP contribution in [0.25, 0.3) is 0 Å². The molecule has 2 aromatic rings. The number of nitrogens with two attached hydrogens (primary N) is 1. The van der Waals surface area contributed by atoms with Gasteiger partial charge in [0.25, 0.3) is 0 Å². The maximum absolute atomic E-state index is 13.5. The van der Waals surface area contributed by atoms with Gasteiger partial charge in [-0.3, -0.25) is 0 Å². The topological polar surface area (TPSA) is 29.3 Å². The first-order chi connectivity index (χ1) is 9.56. The van der Waals surface area contributed by atoms with Crippen LogP contribution in [0.4, 0.5) is 15.8 Å². The summed E-state index contributed by atoms with van der Waals surface area (Å²) >= 11 is 8.58. The second-order valence-electron chi connectivity index (χ2n) is 4.70. The Balaban J connectivity index is 2.14. The van der Waals surface area contributed by atoms with Gasteiger partial charge < -0.3 is 10.6 Å². The monoisotopic (exact) mass is 350 g/mol. The molecule has 2 nitrogen and oxygen atoms in total. The maximum atomic E-state index is 13.5. The third-order valence-electron chi connectivity index (χ3n) is 3.46. The van der Waals surface area contributed by atoms with Crippen molar-refractivity contribution in [3.05, 3.63) is 57.8 Å². The van der Waals surface area contributed by atoms with E-state index in [-0.39, 0.29) is 5.82 Å². The van der Waals surface area contributed by atoms with Gasteiger partial charge in [0.05, 0.1) is 5.69 Å². The van der Waals surface area contributed by atoms with Crippen molar-refractivity contribution in [2.24, 2.45) is 5.73 Å². The lowest BCUT2D eigenvalue weighted by Crippen LogP contribution is -2.19. The van der Waals surface area contributed by atoms with Gasteiger partial charge in [0.15, 0.2) is 0 Å². The Bertz CT molecular complexity index is 702. The Hall–Kier alpha value is -1.46. The zero-order valence-corrected chi connectivity index (χ0v) is 13.0. The van der Waals surface area contributed by atoms with Crippen LogP contribution in [0.2, 0.25) is 0 Å². The van der Waals surface area contributed by atoms with Crippen LogP contribution in [0.5, 0.6) is 0 Å². The fourth-order valence-electron chi connectivity index (χ4n) is 2.54. The van der Waals surface area contributed by atoms with E-state index in [4.69, 9.17) is 18.0 Å². The van der Waals surface area contributed by atoms with Gasteiger partial charge in [-0.15, -0.1) is 0 Å². The molecule has 1 aliphatic heterocycles. The van der Waals surface area contributed by atoms with Crippen LogP contribution in [-0.4, -0.2) is 11.5 Å². The molecular formula is C15H12BrFN2S. The lowest BCUT2D eigenvalue weighted by atomic mass is 10.1. The molecule has 20 heavy (non-hydrogen) atoms. The van der Waals surface area contributed by atoms with Crippen molar-refractivity contribution >= 4 is 44.5 Å². The fraction of sp³-hybridized carbons (Fsp3) is 0.133. The van der Waals surface area contributed by atoms with E-state index in [0.29, 0.717) is 4.99 Å². The number of fused-ring (bicyclic) bond motifs is 1. The zero-order chi connectivity index (χ0) is 14.3. The highest BCUT2D eigenvalue weighted by Crippen LogP contribution is 2.37. The Morgan fingerprint density at radius 2 is 2.00 bits per heavy atom. The Morgan fingerprint density at radius 3 is 2.75 bits per heavy atom. The molecule has 0 unspecified atom stereocenters. The van der Waals surface area contributed by atoms with E-state index < -0.39 is 0 Å². The van der Waals surface area contributed by atoms with Gasteiger partial charge in [-0.05, 0) is 42.3 Å². The summed E-state index contributed by atoms with van der Waals surface area (Å²) in [5, 5.41) is 0. The van der Waals surface area contributed by atoms with Crippen molar-refractivity contribution in [1.82, 2.24) is 0 Å². The molecule has 0 saturated heterocycles. The van der Waals surface area contributed by atoms with Gasteiger partial charge in [-0.2, -0.15) is 0 Å². The summed E-state index contributed by atoms with van der Waals surface area (Å²) in [5.41, 5.74) is 9.55. The summed E-state index contributed by atoms with van der Waals surface area (Å²) in [6.45, 7) is 0.796. The summed E-state index contributed by atoms with van der Waals surface area (Å²) in [4.78, 5) is 2.41. The van der Waals surface area contributed by atoms with Crippen LogP contribution in [0.1, 0.15) is 11.1 Å². The molecule has 0 saturated carbocycles. The highest BCUT2D eigenvalue weighted by atomic mass is 79.9. The van der Waals surface area contributed by atoms with Crippen molar-refractivity contribution in [3.8, 4) is 0 Å². The van der Waals surface area contributed by atoms with Gasteiger partial charge >= 0.3 is 0 Å². The number of hydrogen-bond acceptors (Lipinski definition) is 2. The molecule has 0 atom stereocenters. The Kier molecular flexibility index (Phi) is 3.48. The van der Waals surface area contributed by atoms with Crippen molar-refractivity contribution < 1.29 is 4.39 Å². The Morgan fingerprint density at radius 1 is 1.20 bits per heavy atom. The summed E-state index contributed by atoms with van der Waals surface area (Å²) in [6.07, 6.45) is 0.888. The smallest absolute Gasteiger partial charge is 0.125 e. The number of halogens is 2. The summed E-state index contributed by atoms with van der Waals surface area (Å²) in [6, 6.07) is 10.7. The molecule has 3 rings (SSSR count). The lowest BCUT2D eigenvalue weighted by Gasteiger charge is -2.23. The first-order valence-corrected chi connectivity index (χ1v) is 7.42. The molecule has 0 spiro atoms. The SMILES string of the molecule is NC(=S)c1ccc(Br)cc1N1CCc2ccc(F)cc21. The summed E-state index contributed by atoms with van der Waals surface area (Å²) < 4.78 is 14.4. The maximum Gasteiger partial charge on any atom is 0.125 e. The molecule has 0 bridgehead atoms. The predicted molar refractivity (Wildman–Crippen MR) is 87.1 cm³/mol. The fourth-order valence-corrected chi connectivity index (χ4v) is 3.06. The molecule has 1 heterocycles. The minimum atomic E-state index is -0.234. The summed E-state index contributed by atoms with van der Waals surface area (Å²) in [5.74, 6) is -0.234. The first-order valence-electron chi connectivity index (χ1n) is 6.21. The molecule has 2 N–H and O–H groups in total. The minimum Gasteiger partial charge on any atom is -0.389 e. The van der Waals surface area contributed by atoms with Crippen LogP contribution in [-0.2, 0) is 6.42 Å². The quantitative estimate of drug-likeness (QED) is 0.832. The molecule has 0 fully saturated rings. The normalized spacial score (nSPS) is 13.4. The molecule has 102 valence electrons. The number of hydrogen-bond donors (Lipinski definition) is 1. The van der Waals surface area contributed by atoms with Crippen LogP contribution < -0.4 is 10.6 Å². The number of benzene rings is 2. The van der Waals surface area contributed by atoms with Crippen molar-refractivity contribution in [3.63, 3.8) is 0 Å². The average molecular weight is 351 g/mol. The van der Waals surface area contributed by atoms with Crippen molar-refractivity contribution in [1.29, 1.82) is 0 Å². The molecule has 1 aliphatic rings. The largest absolute Gasteiger partial charge is 0.389 e. The van der Waals surface area contributed by atoms with E-state index >= 15 is 0 Å². The van der Waals surface area contributed by atoms with E-state index in [1.54, 1.807) is 6.07 Å². The van der Waals surface area contributed by atoms with Crippen LogP contribution >= 0.6 is 28.1 Å². The second kappa shape index (κ2) is 5.14. The van der Waals surface area contributed by atoms with Gasteiger partial charge in [-0.1, -0.05) is 34.2 Å². The molecule has 0 amide bonds. The molecule has 0 aromatic heterocycles. The van der Waals surface area contributed by atoms with Crippen LogP contribution in [0.3, 0.4) is 0 Å². The van der Waals surface area contributed by atoms with E-state index in [0.717, 1.165) is 39.9 Å². The van der Waals surface area contributed by atoms with Gasteiger partial charge in [0, 0.05) is 22.3 Å². The lowest BCUT2D eigenvalue weighted by molar-refractivity contribution is 0.628. The van der Waals surface area contributed by atoms with E-state index in [1.165, 1.54) is 6.07 Å². The van der Waals surface area contributed by atoms with Gasteiger partial charge in [-0.25, -0.2) is 4.39 Å².